The number of sulfonamides is 1. The van der Waals surface area contributed by atoms with Crippen molar-refractivity contribution in [1.29, 1.82) is 0 Å². The number of hydrogen-bond donors (Lipinski definition) is 3. The zero-order chi connectivity index (χ0) is 19.3. The largest absolute Gasteiger partial charge is 0.493 e. The Morgan fingerprint density at radius 3 is 2.44 bits per heavy atom. The Bertz CT molecular complexity index is 696. The number of nitrogens with one attached hydrogen (secondary N) is 3. The molecule has 0 saturated carbocycles. The summed E-state index contributed by atoms with van der Waals surface area (Å²) in [6.45, 7) is 11.7. The number of hydrogen-bond acceptors (Lipinski definition) is 4. The van der Waals surface area contributed by atoms with Crippen LogP contribution < -0.4 is 20.3 Å². The van der Waals surface area contributed by atoms with Crippen molar-refractivity contribution in [1.82, 2.24) is 15.6 Å². The summed E-state index contributed by atoms with van der Waals surface area (Å²) in [6.07, 6.45) is 1.05. The predicted molar refractivity (Wildman–Crippen MR) is 106 cm³/mol. The van der Waals surface area contributed by atoms with E-state index in [9.17, 15) is 8.42 Å². The van der Waals surface area contributed by atoms with Crippen molar-refractivity contribution in [2.24, 2.45) is 5.92 Å². The first-order chi connectivity index (χ1) is 11.4. The summed E-state index contributed by atoms with van der Waals surface area (Å²) < 4.78 is 28.1. The van der Waals surface area contributed by atoms with Gasteiger partial charge in [-0.05, 0) is 35.2 Å². The van der Waals surface area contributed by atoms with Gasteiger partial charge < -0.3 is 10.1 Å². The number of hydrazine groups is 1. The third kappa shape index (κ3) is 8.51. The molecule has 0 spiro atoms. The average molecular weight is 388 g/mol. The van der Waals surface area contributed by atoms with Crippen molar-refractivity contribution in [2.75, 3.05) is 12.9 Å². The molecule has 6 nitrogen and oxygen atoms in total. The van der Waals surface area contributed by atoms with Gasteiger partial charge >= 0.3 is 0 Å². The number of benzene rings is 1. The molecule has 0 aliphatic rings. The molecular formula is C17H29N3O3S2. The Morgan fingerprint density at radius 1 is 1.28 bits per heavy atom. The molecule has 0 bridgehead atoms. The Balaban J connectivity index is 2.84. The predicted octanol–water partition coefficient (Wildman–Crippen LogP) is 2.45. The molecule has 0 amide bonds. The van der Waals surface area contributed by atoms with Gasteiger partial charge in [-0.3, -0.25) is 5.43 Å². The molecule has 0 unspecified atom stereocenters. The lowest BCUT2D eigenvalue weighted by Crippen LogP contribution is -2.46. The Labute approximate surface area is 156 Å². The van der Waals surface area contributed by atoms with E-state index in [1.54, 1.807) is 0 Å². The highest BCUT2D eigenvalue weighted by Crippen LogP contribution is 2.29. The van der Waals surface area contributed by atoms with Crippen LogP contribution in [0.5, 0.6) is 5.75 Å². The van der Waals surface area contributed by atoms with Crippen molar-refractivity contribution >= 4 is 27.4 Å². The highest BCUT2D eigenvalue weighted by atomic mass is 32.2. The van der Waals surface area contributed by atoms with Crippen LogP contribution in [0.3, 0.4) is 0 Å². The van der Waals surface area contributed by atoms with Crippen LogP contribution in [-0.4, -0.2) is 26.4 Å². The van der Waals surface area contributed by atoms with Gasteiger partial charge in [0.1, 0.15) is 5.75 Å². The third-order valence-electron chi connectivity index (χ3n) is 3.29. The van der Waals surface area contributed by atoms with Gasteiger partial charge in [0.15, 0.2) is 5.11 Å². The Morgan fingerprint density at radius 2 is 1.92 bits per heavy atom. The monoisotopic (exact) mass is 387 g/mol. The second-order valence-electron chi connectivity index (χ2n) is 7.46. The first-order valence-electron chi connectivity index (χ1n) is 8.15. The smallest absolute Gasteiger partial charge is 0.225 e. The SMILES string of the molecule is CC(C)COc1cc(C(C)(C)C)ccc1CNC(=S)NNS(C)(=O)=O. The molecule has 3 N–H and O–H groups in total. The van der Waals surface area contributed by atoms with Crippen LogP contribution in [0.25, 0.3) is 0 Å². The number of ether oxygens (including phenoxy) is 1. The van der Waals surface area contributed by atoms with Gasteiger partial charge in [-0.15, -0.1) is 4.83 Å². The van der Waals surface area contributed by atoms with E-state index in [1.807, 2.05) is 6.07 Å². The van der Waals surface area contributed by atoms with Gasteiger partial charge in [0.25, 0.3) is 0 Å². The molecule has 0 saturated heterocycles. The maximum absolute atomic E-state index is 11.1. The van der Waals surface area contributed by atoms with E-state index in [2.05, 4.69) is 62.3 Å². The van der Waals surface area contributed by atoms with Crippen LogP contribution in [-0.2, 0) is 22.0 Å². The summed E-state index contributed by atoms with van der Waals surface area (Å²) in [5.41, 5.74) is 4.61. The molecule has 0 atom stereocenters. The fraction of sp³-hybridized carbons (Fsp3) is 0.588. The molecule has 1 aromatic rings. The highest BCUT2D eigenvalue weighted by Gasteiger charge is 2.16. The zero-order valence-electron chi connectivity index (χ0n) is 15.8. The van der Waals surface area contributed by atoms with Gasteiger partial charge in [-0.2, -0.15) is 0 Å². The maximum Gasteiger partial charge on any atom is 0.225 e. The fourth-order valence-electron chi connectivity index (χ4n) is 1.92. The molecule has 0 aliphatic carbocycles. The van der Waals surface area contributed by atoms with Gasteiger partial charge in [-0.1, -0.05) is 46.8 Å². The molecule has 0 radical (unpaired) electrons. The second-order valence-corrected chi connectivity index (χ2v) is 9.62. The van der Waals surface area contributed by atoms with Crippen molar-refractivity contribution in [3.05, 3.63) is 29.3 Å². The van der Waals surface area contributed by atoms with Crippen LogP contribution in [0.4, 0.5) is 0 Å². The first-order valence-corrected chi connectivity index (χ1v) is 10.5. The Kier molecular flexibility index (Phi) is 7.64. The summed E-state index contributed by atoms with van der Waals surface area (Å²) in [5, 5.41) is 3.17. The lowest BCUT2D eigenvalue weighted by molar-refractivity contribution is 0.268. The van der Waals surface area contributed by atoms with Crippen LogP contribution in [0.15, 0.2) is 18.2 Å². The minimum atomic E-state index is -3.36. The quantitative estimate of drug-likeness (QED) is 0.493. The highest BCUT2D eigenvalue weighted by molar-refractivity contribution is 7.88. The molecule has 1 rings (SSSR count). The van der Waals surface area contributed by atoms with Crippen molar-refractivity contribution in [3.63, 3.8) is 0 Å². The number of thiocarbonyl (C=S) groups is 1. The van der Waals surface area contributed by atoms with Gasteiger partial charge in [0.05, 0.1) is 12.9 Å². The molecule has 0 aromatic heterocycles. The first kappa shape index (κ1) is 21.7. The van der Waals surface area contributed by atoms with Crippen LogP contribution in [0.1, 0.15) is 45.7 Å². The second kappa shape index (κ2) is 8.82. The van der Waals surface area contributed by atoms with Crippen LogP contribution >= 0.6 is 12.2 Å². The van der Waals surface area contributed by atoms with Crippen molar-refractivity contribution in [3.8, 4) is 5.75 Å². The minimum Gasteiger partial charge on any atom is -0.493 e. The Hall–Kier alpha value is -1.38. The molecule has 0 aliphatic heterocycles. The topological polar surface area (TPSA) is 79.5 Å². The van der Waals surface area contributed by atoms with Crippen LogP contribution in [0.2, 0.25) is 0 Å². The van der Waals surface area contributed by atoms with E-state index in [4.69, 9.17) is 17.0 Å². The van der Waals surface area contributed by atoms with Gasteiger partial charge in [-0.25, -0.2) is 8.42 Å². The fourth-order valence-corrected chi connectivity index (χ4v) is 2.39. The van der Waals surface area contributed by atoms with Crippen LogP contribution in [0, 0.1) is 5.92 Å². The summed E-state index contributed by atoms with van der Waals surface area (Å²) in [5.74, 6) is 1.23. The summed E-state index contributed by atoms with van der Waals surface area (Å²) in [6, 6.07) is 6.14. The summed E-state index contributed by atoms with van der Waals surface area (Å²) in [4.78, 5) is 2.13. The minimum absolute atomic E-state index is 0.0260. The van der Waals surface area contributed by atoms with Gasteiger partial charge in [0, 0.05) is 12.1 Å². The van der Waals surface area contributed by atoms with Gasteiger partial charge in [0.2, 0.25) is 10.0 Å². The normalized spacial score (nSPS) is 12.1. The molecule has 0 heterocycles. The standard InChI is InChI=1S/C17H29N3O3S2/c1-12(2)11-23-15-9-14(17(3,4)5)8-7-13(15)10-18-16(24)19-20-25(6,21)22/h7-9,12,20H,10-11H2,1-6H3,(H2,18,19,24). The summed E-state index contributed by atoms with van der Waals surface area (Å²) >= 11 is 5.07. The summed E-state index contributed by atoms with van der Waals surface area (Å²) in [7, 11) is -3.36. The maximum atomic E-state index is 11.1. The van der Waals surface area contributed by atoms with Crippen molar-refractivity contribution < 1.29 is 13.2 Å². The van der Waals surface area contributed by atoms with E-state index < -0.39 is 10.0 Å². The molecule has 8 heteroatoms. The molecule has 25 heavy (non-hydrogen) atoms. The van der Waals surface area contributed by atoms with E-state index in [0.717, 1.165) is 17.6 Å². The van der Waals surface area contributed by atoms with E-state index in [0.29, 0.717) is 19.1 Å². The van der Waals surface area contributed by atoms with E-state index in [1.165, 1.54) is 5.56 Å². The number of rotatable bonds is 7. The average Bonchev–Trinajstić information content (AvgIpc) is 2.47. The molecule has 142 valence electrons. The molecule has 0 fully saturated rings. The zero-order valence-corrected chi connectivity index (χ0v) is 17.4. The molecular weight excluding hydrogens is 358 g/mol. The van der Waals surface area contributed by atoms with Crippen molar-refractivity contribution in [2.45, 2.75) is 46.6 Å². The molecule has 1 aromatic carbocycles. The third-order valence-corrected chi connectivity index (χ3v) is 4.01. The van der Waals surface area contributed by atoms with E-state index in [-0.39, 0.29) is 10.5 Å². The lowest BCUT2D eigenvalue weighted by atomic mass is 9.86. The van der Waals surface area contributed by atoms with E-state index >= 15 is 0 Å². The lowest BCUT2D eigenvalue weighted by Gasteiger charge is -2.22.